The third kappa shape index (κ3) is 15.8. The van der Waals surface area contributed by atoms with Crippen molar-refractivity contribution in [2.75, 3.05) is 136 Å². The van der Waals surface area contributed by atoms with Gasteiger partial charge in [0.05, 0.1) is 111 Å². The molecule has 0 atom stereocenters. The van der Waals surface area contributed by atoms with Crippen LogP contribution in [-0.4, -0.2) is 141 Å². The lowest BCUT2D eigenvalue weighted by atomic mass is 9.68. The summed E-state index contributed by atoms with van der Waals surface area (Å²) in [6.07, 6.45) is 1.24. The minimum atomic E-state index is -0.728. The quantitative estimate of drug-likeness (QED) is 0.0227. The van der Waals surface area contributed by atoms with Gasteiger partial charge in [-0.15, -0.1) is 0 Å². The molecule has 67 heavy (non-hydrogen) atoms. The zero-order valence-corrected chi connectivity index (χ0v) is 38.7. The number of anilines is 3. The molecule has 17 nitrogen and oxygen atoms in total. The second-order valence-electron chi connectivity index (χ2n) is 15.7. The van der Waals surface area contributed by atoms with Crippen molar-refractivity contribution in [3.05, 3.63) is 107 Å². The molecule has 2 aliphatic rings. The third-order valence-electron chi connectivity index (χ3n) is 10.9. The average molecular weight is 946 g/mol. The number of ether oxygens (including phenoxy) is 9. The Balaban J connectivity index is 0.686. The van der Waals surface area contributed by atoms with Crippen molar-refractivity contribution in [1.82, 2.24) is 10.6 Å². The van der Waals surface area contributed by atoms with Crippen molar-refractivity contribution < 1.29 is 57.3 Å². The molecule has 0 saturated carbocycles. The Morgan fingerprint density at radius 3 is 1.60 bits per heavy atom. The Bertz CT molecular complexity index is 2140. The number of amides is 1. The van der Waals surface area contributed by atoms with Gasteiger partial charge in [0.15, 0.2) is 10.9 Å². The SMILES string of the molecule is Nc1ccc2c(c1)Oc1cc(N)ccc1C21CC(=O)c2cc(NC(=S)NCCOCCOCCOCCOCCOCCOCCOCCOCCC(=O)NCCc3ccc(O)cc3)ccc21. The molecule has 1 heterocycles. The minimum Gasteiger partial charge on any atom is -0.508 e. The zero-order chi connectivity index (χ0) is 47.1. The van der Waals surface area contributed by atoms with E-state index in [0.717, 1.165) is 22.3 Å². The van der Waals surface area contributed by atoms with Crippen molar-refractivity contribution >= 4 is 46.1 Å². The highest BCUT2D eigenvalue weighted by atomic mass is 32.1. The van der Waals surface area contributed by atoms with Crippen LogP contribution in [0.1, 0.15) is 45.5 Å². The van der Waals surface area contributed by atoms with Crippen LogP contribution in [0.4, 0.5) is 17.1 Å². The van der Waals surface area contributed by atoms with Gasteiger partial charge in [0.1, 0.15) is 17.2 Å². The summed E-state index contributed by atoms with van der Waals surface area (Å²) in [6, 6.07) is 23.8. The molecule has 1 amide bonds. The van der Waals surface area contributed by atoms with E-state index in [1.165, 1.54) is 0 Å². The van der Waals surface area contributed by atoms with Crippen LogP contribution in [0.5, 0.6) is 17.2 Å². The molecule has 0 unspecified atom stereocenters. The van der Waals surface area contributed by atoms with Crippen molar-refractivity contribution in [2.24, 2.45) is 0 Å². The molecule has 362 valence electrons. The van der Waals surface area contributed by atoms with Gasteiger partial charge in [-0.2, -0.15) is 0 Å². The Hall–Kier alpha value is -5.41. The Morgan fingerprint density at radius 2 is 1.07 bits per heavy atom. The molecule has 1 aliphatic carbocycles. The smallest absolute Gasteiger partial charge is 0.222 e. The summed E-state index contributed by atoms with van der Waals surface area (Å²) in [6.45, 7) is 8.04. The molecule has 6 rings (SSSR count). The van der Waals surface area contributed by atoms with E-state index in [4.69, 9.17) is 66.3 Å². The van der Waals surface area contributed by atoms with Crippen LogP contribution in [0.15, 0.2) is 78.9 Å². The van der Waals surface area contributed by atoms with Crippen LogP contribution >= 0.6 is 12.2 Å². The summed E-state index contributed by atoms with van der Waals surface area (Å²) in [5.41, 5.74) is 17.7. The lowest BCUT2D eigenvalue weighted by molar-refractivity contribution is -0.122. The Morgan fingerprint density at radius 1 is 0.597 bits per heavy atom. The number of fused-ring (bicyclic) bond motifs is 6. The Kier molecular flexibility index (Phi) is 20.9. The first-order chi connectivity index (χ1) is 32.7. The highest BCUT2D eigenvalue weighted by molar-refractivity contribution is 7.80. The van der Waals surface area contributed by atoms with Gasteiger partial charge in [0.25, 0.3) is 0 Å². The molecule has 1 aliphatic heterocycles. The van der Waals surface area contributed by atoms with E-state index >= 15 is 0 Å². The zero-order valence-electron chi connectivity index (χ0n) is 37.9. The third-order valence-corrected chi connectivity index (χ3v) is 11.1. The van der Waals surface area contributed by atoms with Crippen LogP contribution in [0, 0.1) is 0 Å². The summed E-state index contributed by atoms with van der Waals surface area (Å²) < 4.78 is 50.5. The highest BCUT2D eigenvalue weighted by Crippen LogP contribution is 2.58. The molecular weight excluding hydrogens is 883 g/mol. The number of nitrogens with one attached hydrogen (secondary N) is 3. The normalized spacial score (nSPS) is 13.2. The second-order valence-corrected chi connectivity index (χ2v) is 16.1. The molecule has 0 saturated heterocycles. The molecule has 4 aromatic carbocycles. The number of phenols is 1. The first kappa shape index (κ1) is 51.0. The molecule has 0 bridgehead atoms. The fourth-order valence-electron chi connectivity index (χ4n) is 7.67. The number of Topliss-reactive ketones (excluding diaryl/α,β-unsaturated/α-hetero) is 1. The van der Waals surface area contributed by atoms with Gasteiger partial charge in [-0.25, -0.2) is 0 Å². The van der Waals surface area contributed by atoms with Crippen LogP contribution in [0.3, 0.4) is 0 Å². The number of aromatic hydroxyl groups is 1. The van der Waals surface area contributed by atoms with E-state index in [2.05, 4.69) is 16.0 Å². The van der Waals surface area contributed by atoms with Gasteiger partial charge >= 0.3 is 0 Å². The van der Waals surface area contributed by atoms with Crippen molar-refractivity contribution in [2.45, 2.75) is 24.7 Å². The van der Waals surface area contributed by atoms with Crippen LogP contribution < -0.4 is 32.2 Å². The topological polar surface area (TPSA) is 226 Å². The first-order valence-electron chi connectivity index (χ1n) is 22.6. The van der Waals surface area contributed by atoms with Gasteiger partial charge in [-0.05, 0) is 66.2 Å². The molecule has 0 radical (unpaired) electrons. The van der Waals surface area contributed by atoms with E-state index in [1.807, 2.05) is 54.6 Å². The number of thiocarbonyl (C=S) groups is 1. The number of phenolic OH excluding ortho intramolecular Hbond substituents is 1. The molecule has 1 spiro atoms. The fraction of sp³-hybridized carbons (Fsp3) is 0.449. The Labute approximate surface area is 397 Å². The number of nitrogens with two attached hydrogens (primary N) is 2. The van der Waals surface area contributed by atoms with E-state index < -0.39 is 5.41 Å². The number of carbonyl (C=O) groups excluding carboxylic acids is 2. The van der Waals surface area contributed by atoms with E-state index in [1.54, 1.807) is 24.3 Å². The fourth-order valence-corrected chi connectivity index (χ4v) is 7.89. The maximum absolute atomic E-state index is 13.6. The molecule has 0 fully saturated rings. The van der Waals surface area contributed by atoms with E-state index in [9.17, 15) is 14.7 Å². The summed E-state index contributed by atoms with van der Waals surface area (Å²) in [7, 11) is 0. The van der Waals surface area contributed by atoms with Crippen LogP contribution in [0.2, 0.25) is 0 Å². The van der Waals surface area contributed by atoms with Crippen molar-refractivity contribution in [1.29, 1.82) is 0 Å². The maximum Gasteiger partial charge on any atom is 0.222 e. The van der Waals surface area contributed by atoms with Crippen molar-refractivity contribution in [3.8, 4) is 17.2 Å². The van der Waals surface area contributed by atoms with Crippen LogP contribution in [0.25, 0.3) is 0 Å². The standard InChI is InChI=1S/C49H63N5O12S/c50-36-3-8-42-45(31-36)66-46-32-37(51)4-9-43(46)49(42)34-44(56)40-33-38(5-10-41(40)49)54-48(67)53-14-16-59-18-20-61-22-24-63-26-28-65-30-29-64-27-25-62-23-21-60-19-17-58-15-12-47(57)52-13-11-35-1-6-39(55)7-2-35/h1-10,31-33,55H,11-30,34,50-51H2,(H,52,57)(H2,53,54,67). The van der Waals surface area contributed by atoms with Crippen LogP contribution in [-0.2, 0) is 54.5 Å². The first-order valence-corrected chi connectivity index (χ1v) is 23.0. The molecule has 8 N–H and O–H groups in total. The van der Waals surface area contributed by atoms with Gasteiger partial charge in [0, 0.05) is 71.8 Å². The molecular formula is C49H63N5O12S. The average Bonchev–Trinajstić information content (AvgIpc) is 3.59. The monoisotopic (exact) mass is 945 g/mol. The molecule has 18 heteroatoms. The number of carbonyl (C=O) groups is 2. The summed E-state index contributed by atoms with van der Waals surface area (Å²) >= 11 is 5.52. The molecule has 4 aromatic rings. The number of ketones is 1. The summed E-state index contributed by atoms with van der Waals surface area (Å²) in [5, 5.41) is 18.9. The van der Waals surface area contributed by atoms with Crippen molar-refractivity contribution in [3.63, 3.8) is 0 Å². The van der Waals surface area contributed by atoms with Gasteiger partial charge in [-0.3, -0.25) is 9.59 Å². The molecule has 0 aromatic heterocycles. The number of nitrogen functional groups attached to an aromatic ring is 2. The predicted molar refractivity (Wildman–Crippen MR) is 257 cm³/mol. The number of hydrogen-bond donors (Lipinski definition) is 6. The lowest BCUT2D eigenvalue weighted by Crippen LogP contribution is -2.32. The number of benzene rings is 4. The van der Waals surface area contributed by atoms with Gasteiger partial charge in [0.2, 0.25) is 5.91 Å². The van der Waals surface area contributed by atoms with E-state index in [0.29, 0.717) is 164 Å². The second kappa shape index (κ2) is 27.4. The number of hydrogen-bond acceptors (Lipinski definition) is 15. The summed E-state index contributed by atoms with van der Waals surface area (Å²) in [4.78, 5) is 25.6. The highest BCUT2D eigenvalue weighted by Gasteiger charge is 2.51. The largest absolute Gasteiger partial charge is 0.508 e. The van der Waals surface area contributed by atoms with Gasteiger partial charge < -0.3 is 75.2 Å². The van der Waals surface area contributed by atoms with E-state index in [-0.39, 0.29) is 30.3 Å². The predicted octanol–water partition coefficient (Wildman–Crippen LogP) is 4.75. The van der Waals surface area contributed by atoms with Gasteiger partial charge in [-0.1, -0.05) is 30.3 Å². The summed E-state index contributed by atoms with van der Waals surface area (Å²) in [5.74, 6) is 1.41. The maximum atomic E-state index is 13.6. The number of rotatable bonds is 31. The minimum absolute atomic E-state index is 0.0234. The lowest BCUT2D eigenvalue weighted by Gasteiger charge is -2.38.